The van der Waals surface area contributed by atoms with Gasteiger partial charge in [-0.2, -0.15) is 0 Å². The van der Waals surface area contributed by atoms with Gasteiger partial charge in [0, 0.05) is 5.56 Å². The van der Waals surface area contributed by atoms with Crippen LogP contribution in [0.25, 0.3) is 12.2 Å². The summed E-state index contributed by atoms with van der Waals surface area (Å²) in [6.45, 7) is 1.33. The number of amides is 2. The minimum Gasteiger partial charge on any atom is -0.494 e. The van der Waals surface area contributed by atoms with Crippen molar-refractivity contribution in [2.45, 2.75) is 19.3 Å². The van der Waals surface area contributed by atoms with Crippen LogP contribution in [0.2, 0.25) is 0 Å². The molecule has 0 aromatic heterocycles. The van der Waals surface area contributed by atoms with E-state index in [1.54, 1.807) is 24.3 Å². The minimum atomic E-state index is -0.369. The molecule has 2 aliphatic rings. The van der Waals surface area contributed by atoms with Crippen molar-refractivity contribution >= 4 is 40.8 Å². The van der Waals surface area contributed by atoms with Gasteiger partial charge in [0.05, 0.1) is 18.1 Å². The fraction of sp³-hybridized carbons (Fsp3) is 0.194. The number of thioether (sulfide) groups is 1. The Morgan fingerprint density at radius 1 is 0.850 bits per heavy atom. The standard InChI is InChI=1S/C31H27NO7S/c33-26(13-9-21-10-14-27-28(17-21)39-20-38-27)23-5-4-6-25(19-23)37-16-3-1-2-15-36-24-11-7-22(8-12-24)18-29-30(34)32-31(35)40-29/h4-14,17-19H,1-3,15-16,20H2,(H,32,34,35)/b13-9+,29-18-. The number of benzene rings is 3. The van der Waals surface area contributed by atoms with E-state index in [2.05, 4.69) is 5.32 Å². The Kier molecular flexibility index (Phi) is 8.83. The quantitative estimate of drug-likeness (QED) is 0.158. The molecule has 3 aromatic carbocycles. The molecule has 2 amide bonds. The molecule has 1 N–H and O–H groups in total. The van der Waals surface area contributed by atoms with Gasteiger partial charge in [-0.15, -0.1) is 0 Å². The van der Waals surface area contributed by atoms with Gasteiger partial charge in [0.25, 0.3) is 11.1 Å². The third-order valence-corrected chi connectivity index (χ3v) is 6.90. The third-order valence-electron chi connectivity index (χ3n) is 6.09. The summed E-state index contributed by atoms with van der Waals surface area (Å²) in [5.74, 6) is 2.31. The Morgan fingerprint density at radius 2 is 1.60 bits per heavy atom. The van der Waals surface area contributed by atoms with Gasteiger partial charge in [-0.3, -0.25) is 19.7 Å². The molecular weight excluding hydrogens is 530 g/mol. The molecule has 9 heteroatoms. The number of imide groups is 1. The van der Waals surface area contributed by atoms with E-state index in [4.69, 9.17) is 18.9 Å². The van der Waals surface area contributed by atoms with Crippen molar-refractivity contribution < 1.29 is 33.3 Å². The van der Waals surface area contributed by atoms with Crippen molar-refractivity contribution in [3.63, 3.8) is 0 Å². The number of ketones is 1. The molecule has 2 heterocycles. The zero-order valence-corrected chi connectivity index (χ0v) is 22.4. The Labute approximate surface area is 236 Å². The van der Waals surface area contributed by atoms with E-state index in [-0.39, 0.29) is 23.7 Å². The third kappa shape index (κ3) is 7.33. The summed E-state index contributed by atoms with van der Waals surface area (Å²) in [4.78, 5) is 35.9. The zero-order valence-electron chi connectivity index (χ0n) is 21.6. The van der Waals surface area contributed by atoms with E-state index in [0.717, 1.165) is 47.9 Å². The van der Waals surface area contributed by atoms with E-state index < -0.39 is 0 Å². The van der Waals surface area contributed by atoms with Crippen LogP contribution in [0.3, 0.4) is 0 Å². The summed E-state index contributed by atoms with van der Waals surface area (Å²) < 4.78 is 22.3. The number of allylic oxidation sites excluding steroid dienone is 1. The van der Waals surface area contributed by atoms with Crippen LogP contribution in [0, 0.1) is 0 Å². The van der Waals surface area contributed by atoms with Gasteiger partial charge in [0.1, 0.15) is 11.5 Å². The Balaban J connectivity index is 0.995. The molecule has 3 aromatic rings. The highest BCUT2D eigenvalue weighted by Gasteiger charge is 2.24. The predicted octanol–water partition coefficient (Wildman–Crippen LogP) is 6.26. The smallest absolute Gasteiger partial charge is 0.290 e. The number of carbonyl (C=O) groups excluding carboxylic acids is 3. The molecule has 0 aliphatic carbocycles. The van der Waals surface area contributed by atoms with E-state index in [9.17, 15) is 14.4 Å². The maximum absolute atomic E-state index is 12.6. The van der Waals surface area contributed by atoms with Gasteiger partial charge in [0.2, 0.25) is 6.79 Å². The summed E-state index contributed by atoms with van der Waals surface area (Å²) >= 11 is 0.896. The molecule has 5 rings (SSSR count). The lowest BCUT2D eigenvalue weighted by Gasteiger charge is -2.08. The number of hydrogen-bond acceptors (Lipinski definition) is 8. The summed E-state index contributed by atoms with van der Waals surface area (Å²) in [5, 5.41) is 1.89. The van der Waals surface area contributed by atoms with E-state index in [0.29, 0.717) is 40.9 Å². The molecular formula is C31H27NO7S. The zero-order chi connectivity index (χ0) is 27.7. The van der Waals surface area contributed by atoms with Crippen LogP contribution in [0.5, 0.6) is 23.0 Å². The van der Waals surface area contributed by atoms with Crippen molar-refractivity contribution in [1.82, 2.24) is 5.32 Å². The molecule has 2 aliphatic heterocycles. The first kappa shape index (κ1) is 27.1. The van der Waals surface area contributed by atoms with Gasteiger partial charge in [-0.25, -0.2) is 0 Å². The van der Waals surface area contributed by atoms with Gasteiger partial charge >= 0.3 is 0 Å². The van der Waals surface area contributed by atoms with Gasteiger partial charge in [0.15, 0.2) is 17.3 Å². The Hall–Kier alpha value is -4.50. The van der Waals surface area contributed by atoms with Crippen molar-refractivity contribution in [2.75, 3.05) is 20.0 Å². The van der Waals surface area contributed by atoms with Gasteiger partial charge in [-0.05, 0) is 90.7 Å². The van der Waals surface area contributed by atoms with Crippen LogP contribution < -0.4 is 24.3 Å². The molecule has 1 saturated heterocycles. The molecule has 1 fully saturated rings. The highest BCUT2D eigenvalue weighted by molar-refractivity contribution is 8.18. The summed E-state index contributed by atoms with van der Waals surface area (Å²) in [5.41, 5.74) is 2.24. The second kappa shape index (κ2) is 13.0. The molecule has 0 spiro atoms. The van der Waals surface area contributed by atoms with E-state index in [1.807, 2.05) is 54.6 Å². The Morgan fingerprint density at radius 3 is 2.38 bits per heavy atom. The van der Waals surface area contributed by atoms with Gasteiger partial charge < -0.3 is 18.9 Å². The fourth-order valence-corrected chi connectivity index (χ4v) is 4.70. The monoisotopic (exact) mass is 557 g/mol. The minimum absolute atomic E-state index is 0.108. The van der Waals surface area contributed by atoms with E-state index in [1.165, 1.54) is 6.08 Å². The summed E-state index contributed by atoms with van der Waals surface area (Å²) in [6, 6.07) is 20.1. The van der Waals surface area contributed by atoms with E-state index >= 15 is 0 Å². The van der Waals surface area contributed by atoms with Crippen molar-refractivity contribution in [2.24, 2.45) is 0 Å². The topological polar surface area (TPSA) is 100 Å². The average Bonchev–Trinajstić information content (AvgIpc) is 3.56. The average molecular weight is 558 g/mol. The number of unbranched alkanes of at least 4 members (excludes halogenated alkanes) is 2. The second-order valence-corrected chi connectivity index (χ2v) is 10.0. The van der Waals surface area contributed by atoms with Crippen molar-refractivity contribution in [3.05, 3.63) is 94.4 Å². The summed E-state index contributed by atoms with van der Waals surface area (Å²) in [7, 11) is 0. The van der Waals surface area contributed by atoms with Crippen molar-refractivity contribution in [1.29, 1.82) is 0 Å². The largest absolute Gasteiger partial charge is 0.494 e. The maximum atomic E-state index is 12.6. The lowest BCUT2D eigenvalue weighted by Crippen LogP contribution is -2.17. The highest BCUT2D eigenvalue weighted by atomic mass is 32.2. The first-order valence-corrected chi connectivity index (χ1v) is 13.7. The van der Waals surface area contributed by atoms with Crippen LogP contribution in [-0.4, -0.2) is 36.9 Å². The molecule has 8 nitrogen and oxygen atoms in total. The van der Waals surface area contributed by atoms with Crippen LogP contribution in [0.4, 0.5) is 4.79 Å². The molecule has 0 atom stereocenters. The molecule has 0 radical (unpaired) electrons. The molecule has 0 saturated carbocycles. The molecule has 0 unspecified atom stereocenters. The SMILES string of the molecule is O=C1NC(=O)/C(=C/c2ccc(OCCCCCOc3cccc(C(=O)/C=C/c4ccc5c(c4)OCO5)c3)cc2)S1. The molecule has 0 bridgehead atoms. The lowest BCUT2D eigenvalue weighted by atomic mass is 10.1. The number of nitrogens with one attached hydrogen (secondary N) is 1. The number of rotatable bonds is 12. The van der Waals surface area contributed by atoms with Crippen molar-refractivity contribution in [3.8, 4) is 23.0 Å². The number of ether oxygens (including phenoxy) is 4. The van der Waals surface area contributed by atoms with Gasteiger partial charge in [-0.1, -0.05) is 36.4 Å². The first-order valence-electron chi connectivity index (χ1n) is 12.9. The molecule has 40 heavy (non-hydrogen) atoms. The van der Waals surface area contributed by atoms with Crippen LogP contribution in [0.1, 0.15) is 40.7 Å². The van der Waals surface area contributed by atoms with Crippen LogP contribution in [0.15, 0.2) is 77.7 Å². The highest BCUT2D eigenvalue weighted by Crippen LogP contribution is 2.33. The lowest BCUT2D eigenvalue weighted by molar-refractivity contribution is -0.115. The number of fused-ring (bicyclic) bond motifs is 1. The predicted molar refractivity (Wildman–Crippen MR) is 153 cm³/mol. The number of carbonyl (C=O) groups is 3. The van der Waals surface area contributed by atoms with Crippen LogP contribution in [-0.2, 0) is 4.79 Å². The van der Waals surface area contributed by atoms with Crippen LogP contribution >= 0.6 is 11.8 Å². The maximum Gasteiger partial charge on any atom is 0.290 e. The Bertz CT molecular complexity index is 1460. The second-order valence-electron chi connectivity index (χ2n) is 9.02. The fourth-order valence-electron chi connectivity index (χ4n) is 4.02. The summed E-state index contributed by atoms with van der Waals surface area (Å²) in [6.07, 6.45) is 7.63. The molecule has 204 valence electrons. The first-order chi connectivity index (χ1) is 19.5. The normalized spacial score (nSPS) is 15.1. The number of hydrogen-bond donors (Lipinski definition) is 1.